The van der Waals surface area contributed by atoms with E-state index in [0.717, 1.165) is 9.24 Å². The third-order valence-corrected chi connectivity index (χ3v) is 4.47. The zero-order valence-corrected chi connectivity index (χ0v) is 10.3. The summed E-state index contributed by atoms with van der Waals surface area (Å²) in [6.45, 7) is 10.3. The van der Waals surface area contributed by atoms with E-state index < -0.39 is 0 Å². The Morgan fingerprint density at radius 2 is 1.92 bits per heavy atom. The van der Waals surface area contributed by atoms with Crippen molar-refractivity contribution in [1.29, 1.82) is 0 Å². The Kier molecular flexibility index (Phi) is 2.74. The highest BCUT2D eigenvalue weighted by atomic mass is 32.2. The van der Waals surface area contributed by atoms with Crippen LogP contribution in [0.4, 0.5) is 0 Å². The Hall–Kier alpha value is -0.0900. The first kappa shape index (κ1) is 11.0. The van der Waals surface area contributed by atoms with Gasteiger partial charge in [0.1, 0.15) is 15.5 Å². The summed E-state index contributed by atoms with van der Waals surface area (Å²) in [6, 6.07) is 0. The third kappa shape index (κ3) is 2.23. The summed E-state index contributed by atoms with van der Waals surface area (Å²) >= 11 is 2.12. The molecule has 2 nitrogen and oxygen atoms in total. The number of aliphatic imine (C=N–C) groups is 1. The van der Waals surface area contributed by atoms with Gasteiger partial charge in [-0.1, -0.05) is 32.5 Å². The first-order chi connectivity index (χ1) is 5.77. The minimum Gasteiger partial charge on any atom is -0.270 e. The molecule has 0 unspecified atom stereocenters. The van der Waals surface area contributed by atoms with Gasteiger partial charge in [-0.3, -0.25) is 4.99 Å². The standard InChI is InChI=1S/C9H15NOS2/c1-8(2,3)6-10-9(4,5)7(12-6)13-11/h1-5H3. The summed E-state index contributed by atoms with van der Waals surface area (Å²) < 4.78 is 11.7. The Morgan fingerprint density at radius 3 is 2.15 bits per heavy atom. The highest BCUT2D eigenvalue weighted by Crippen LogP contribution is 2.37. The summed E-state index contributed by atoms with van der Waals surface area (Å²) in [5.41, 5.74) is -0.237. The van der Waals surface area contributed by atoms with Gasteiger partial charge < -0.3 is 0 Å². The summed E-state index contributed by atoms with van der Waals surface area (Å²) in [4.78, 5) is 4.57. The van der Waals surface area contributed by atoms with Gasteiger partial charge in [0.25, 0.3) is 0 Å². The molecule has 0 aromatic carbocycles. The van der Waals surface area contributed by atoms with Crippen molar-refractivity contribution >= 4 is 32.3 Å². The molecule has 0 radical (unpaired) electrons. The lowest BCUT2D eigenvalue weighted by atomic mass is 9.98. The minimum atomic E-state index is -0.292. The molecule has 0 N–H and O–H groups in total. The van der Waals surface area contributed by atoms with E-state index in [1.54, 1.807) is 11.8 Å². The molecule has 74 valence electrons. The van der Waals surface area contributed by atoms with Crippen LogP contribution in [-0.2, 0) is 11.3 Å². The second kappa shape index (κ2) is 3.24. The molecule has 0 aliphatic carbocycles. The van der Waals surface area contributed by atoms with E-state index in [9.17, 15) is 4.21 Å². The summed E-state index contributed by atoms with van der Waals surface area (Å²) in [5.74, 6) is 0. The second-order valence-electron chi connectivity index (χ2n) is 4.70. The van der Waals surface area contributed by atoms with E-state index in [0.29, 0.717) is 11.3 Å². The molecule has 0 spiro atoms. The molecule has 0 saturated heterocycles. The fraction of sp³-hybridized carbons (Fsp3) is 0.778. The summed E-state index contributed by atoms with van der Waals surface area (Å²) in [6.07, 6.45) is 0. The van der Waals surface area contributed by atoms with Gasteiger partial charge in [0.05, 0.1) is 10.6 Å². The minimum absolute atomic E-state index is 0.0550. The molecule has 0 saturated carbocycles. The molecule has 1 aliphatic heterocycles. The van der Waals surface area contributed by atoms with Crippen LogP contribution in [0.25, 0.3) is 0 Å². The topological polar surface area (TPSA) is 29.4 Å². The van der Waals surface area contributed by atoms with Gasteiger partial charge >= 0.3 is 0 Å². The maximum atomic E-state index is 10.8. The quantitative estimate of drug-likeness (QED) is 0.583. The Morgan fingerprint density at radius 1 is 1.38 bits per heavy atom. The van der Waals surface area contributed by atoms with Crippen LogP contribution in [0.3, 0.4) is 0 Å². The third-order valence-electron chi connectivity index (χ3n) is 1.79. The monoisotopic (exact) mass is 217 g/mol. The number of thioether (sulfide) groups is 1. The van der Waals surface area contributed by atoms with Crippen LogP contribution in [0, 0.1) is 5.41 Å². The van der Waals surface area contributed by atoms with Crippen LogP contribution in [0.1, 0.15) is 34.6 Å². The molecule has 0 atom stereocenters. The van der Waals surface area contributed by atoms with E-state index in [-0.39, 0.29) is 11.0 Å². The van der Waals surface area contributed by atoms with Crippen LogP contribution in [0.5, 0.6) is 0 Å². The largest absolute Gasteiger partial charge is 0.270 e. The van der Waals surface area contributed by atoms with Gasteiger partial charge in [-0.2, -0.15) is 0 Å². The van der Waals surface area contributed by atoms with Gasteiger partial charge in [-0.25, -0.2) is 4.21 Å². The average Bonchev–Trinajstić information content (AvgIpc) is 2.23. The van der Waals surface area contributed by atoms with Crippen molar-refractivity contribution in [2.45, 2.75) is 40.2 Å². The van der Waals surface area contributed by atoms with Crippen LogP contribution in [-0.4, -0.2) is 19.0 Å². The van der Waals surface area contributed by atoms with E-state index in [4.69, 9.17) is 0 Å². The Labute approximate surface area is 87.3 Å². The lowest BCUT2D eigenvalue weighted by molar-refractivity contribution is 0.590. The fourth-order valence-corrected chi connectivity index (χ4v) is 2.65. The zero-order chi connectivity index (χ0) is 10.3. The molecule has 0 aromatic heterocycles. The molecule has 0 fully saturated rings. The highest BCUT2D eigenvalue weighted by Gasteiger charge is 2.37. The van der Waals surface area contributed by atoms with Crippen LogP contribution >= 0.6 is 11.8 Å². The molecule has 0 aromatic rings. The van der Waals surface area contributed by atoms with Gasteiger partial charge in [-0.15, -0.1) is 0 Å². The molecule has 1 rings (SSSR count). The van der Waals surface area contributed by atoms with Gasteiger partial charge in [-0.05, 0) is 13.8 Å². The molecule has 0 amide bonds. The molecule has 4 heteroatoms. The van der Waals surface area contributed by atoms with Crippen molar-refractivity contribution in [2.24, 2.45) is 10.4 Å². The molecular weight excluding hydrogens is 202 g/mol. The maximum Gasteiger partial charge on any atom is 0.111 e. The number of hydrogen-bond acceptors (Lipinski definition) is 3. The fourth-order valence-electron chi connectivity index (χ4n) is 0.975. The van der Waals surface area contributed by atoms with Gasteiger partial charge in [0.15, 0.2) is 0 Å². The number of nitrogens with zero attached hydrogens (tertiary/aromatic N) is 1. The molecular formula is C9H15NOS2. The molecule has 13 heavy (non-hydrogen) atoms. The lowest BCUT2D eigenvalue weighted by Crippen LogP contribution is -2.22. The van der Waals surface area contributed by atoms with Crippen LogP contribution < -0.4 is 0 Å². The Balaban J connectivity index is 3.06. The molecule has 1 heterocycles. The van der Waals surface area contributed by atoms with Crippen LogP contribution in [0.2, 0.25) is 0 Å². The van der Waals surface area contributed by atoms with Crippen molar-refractivity contribution in [2.75, 3.05) is 0 Å². The van der Waals surface area contributed by atoms with E-state index in [1.165, 1.54) is 0 Å². The zero-order valence-electron chi connectivity index (χ0n) is 8.67. The smallest absolute Gasteiger partial charge is 0.111 e. The van der Waals surface area contributed by atoms with Crippen molar-refractivity contribution in [3.05, 3.63) is 0 Å². The highest BCUT2D eigenvalue weighted by molar-refractivity contribution is 8.32. The van der Waals surface area contributed by atoms with Gasteiger partial charge in [0, 0.05) is 5.41 Å². The SMILES string of the molecule is CC(C)(C)C1=NC(C)(C)C(=S=O)S1. The van der Waals surface area contributed by atoms with E-state index in [2.05, 4.69) is 25.8 Å². The van der Waals surface area contributed by atoms with Crippen molar-refractivity contribution in [3.63, 3.8) is 0 Å². The maximum absolute atomic E-state index is 10.8. The average molecular weight is 217 g/mol. The Bertz CT molecular complexity index is 306. The van der Waals surface area contributed by atoms with E-state index >= 15 is 0 Å². The van der Waals surface area contributed by atoms with E-state index in [1.807, 2.05) is 13.8 Å². The first-order valence-electron chi connectivity index (χ1n) is 4.23. The van der Waals surface area contributed by atoms with Crippen molar-refractivity contribution in [1.82, 2.24) is 0 Å². The lowest BCUT2D eigenvalue weighted by Gasteiger charge is -2.16. The first-order valence-corrected chi connectivity index (χ1v) is 5.78. The predicted molar refractivity (Wildman–Crippen MR) is 61.7 cm³/mol. The normalized spacial score (nSPS) is 21.6. The summed E-state index contributed by atoms with van der Waals surface area (Å²) in [7, 11) is 0. The van der Waals surface area contributed by atoms with Crippen molar-refractivity contribution < 1.29 is 4.21 Å². The van der Waals surface area contributed by atoms with Crippen LogP contribution in [0.15, 0.2) is 4.99 Å². The second-order valence-corrected chi connectivity index (χ2v) is 6.53. The number of hydrogen-bond donors (Lipinski definition) is 0. The summed E-state index contributed by atoms with van der Waals surface area (Å²) in [5, 5.41) is 1.07. The molecule has 1 aliphatic rings. The molecule has 0 bridgehead atoms. The van der Waals surface area contributed by atoms with Gasteiger partial charge in [0.2, 0.25) is 0 Å². The van der Waals surface area contributed by atoms with Crippen molar-refractivity contribution in [3.8, 4) is 0 Å². The number of rotatable bonds is 0. The predicted octanol–water partition coefficient (Wildman–Crippen LogP) is 2.30.